The fraction of sp³-hybridized carbons (Fsp3) is 0.704. The minimum Gasteiger partial charge on any atom is -0.310 e. The lowest BCUT2D eigenvalue weighted by molar-refractivity contribution is 0.500. The molecule has 1 atom stereocenters. The van der Waals surface area contributed by atoms with E-state index in [-0.39, 0.29) is 0 Å². The Kier molecular flexibility index (Phi) is 13.1. The van der Waals surface area contributed by atoms with E-state index in [2.05, 4.69) is 48.7 Å². The summed E-state index contributed by atoms with van der Waals surface area (Å²) in [5.41, 5.74) is 3.10. The molecule has 0 saturated carbocycles. The highest BCUT2D eigenvalue weighted by Crippen LogP contribution is 2.30. The Morgan fingerprint density at radius 2 is 1.39 bits per heavy atom. The molecule has 1 aromatic carbocycles. The number of fused-ring (bicyclic) bond motifs is 1. The molecule has 0 heterocycles. The normalized spacial score (nSPS) is 16.1. The third-order valence-electron chi connectivity index (χ3n) is 6.21. The van der Waals surface area contributed by atoms with Crippen LogP contribution in [0.4, 0.5) is 0 Å². The number of hydrogen-bond acceptors (Lipinski definition) is 1. The molecule has 1 nitrogen and oxygen atoms in total. The molecule has 1 aliphatic rings. The molecule has 1 unspecified atom stereocenters. The van der Waals surface area contributed by atoms with Crippen LogP contribution in [0.2, 0.25) is 0 Å². The molecule has 1 heteroatoms. The van der Waals surface area contributed by atoms with E-state index < -0.39 is 0 Å². The first-order valence-electron chi connectivity index (χ1n) is 12.4. The van der Waals surface area contributed by atoms with E-state index >= 15 is 0 Å². The number of allylic oxidation sites excluding steroid dienone is 2. The molecule has 0 radical (unpaired) electrons. The minimum absolute atomic E-state index is 0.610. The number of benzene rings is 1. The van der Waals surface area contributed by atoms with Crippen molar-refractivity contribution < 1.29 is 0 Å². The quantitative estimate of drug-likeness (QED) is 0.211. The third-order valence-corrected chi connectivity index (χ3v) is 6.21. The molecule has 0 aliphatic heterocycles. The Morgan fingerprint density at radius 3 is 2.11 bits per heavy atom. The van der Waals surface area contributed by atoms with Crippen molar-refractivity contribution in [3.8, 4) is 0 Å². The first kappa shape index (κ1) is 23.2. The van der Waals surface area contributed by atoms with Gasteiger partial charge in [-0.3, -0.25) is 0 Å². The van der Waals surface area contributed by atoms with Gasteiger partial charge >= 0.3 is 0 Å². The van der Waals surface area contributed by atoms with E-state index in [0.717, 1.165) is 0 Å². The van der Waals surface area contributed by atoms with Crippen molar-refractivity contribution in [2.24, 2.45) is 0 Å². The predicted octanol–water partition coefficient (Wildman–Crippen LogP) is 8.30. The van der Waals surface area contributed by atoms with Crippen LogP contribution in [-0.2, 0) is 6.42 Å². The Hall–Kier alpha value is -1.08. The average molecular weight is 384 g/mol. The van der Waals surface area contributed by atoms with E-state index in [1.807, 2.05) is 0 Å². The van der Waals surface area contributed by atoms with Crippen LogP contribution in [0.15, 0.2) is 36.4 Å². The monoisotopic (exact) mass is 383 g/mol. The molecule has 158 valence electrons. The maximum atomic E-state index is 3.78. The van der Waals surface area contributed by atoms with Crippen molar-refractivity contribution in [1.82, 2.24) is 5.32 Å². The first-order chi connectivity index (χ1) is 13.9. The van der Waals surface area contributed by atoms with Gasteiger partial charge in [0.1, 0.15) is 0 Å². The molecule has 0 aromatic heterocycles. The zero-order valence-electron chi connectivity index (χ0n) is 18.6. The lowest BCUT2D eigenvalue weighted by atomic mass is 10.1. The molecule has 28 heavy (non-hydrogen) atoms. The highest BCUT2D eigenvalue weighted by molar-refractivity contribution is 5.34. The highest BCUT2D eigenvalue weighted by Gasteiger charge is 2.20. The summed E-state index contributed by atoms with van der Waals surface area (Å²) in [6, 6.07) is 9.57. The van der Waals surface area contributed by atoms with Crippen LogP contribution < -0.4 is 5.32 Å². The number of rotatable bonds is 17. The second-order valence-electron chi connectivity index (χ2n) is 8.68. The number of hydrogen-bond donors (Lipinski definition) is 1. The van der Waals surface area contributed by atoms with E-state index in [9.17, 15) is 0 Å². The van der Waals surface area contributed by atoms with Crippen LogP contribution in [0, 0.1) is 0 Å². The molecule has 0 bridgehead atoms. The van der Waals surface area contributed by atoms with Gasteiger partial charge in [0.15, 0.2) is 0 Å². The van der Waals surface area contributed by atoms with E-state index in [0.29, 0.717) is 6.04 Å². The van der Waals surface area contributed by atoms with Crippen LogP contribution in [-0.4, -0.2) is 6.54 Å². The zero-order valence-corrected chi connectivity index (χ0v) is 18.6. The fourth-order valence-corrected chi connectivity index (χ4v) is 4.42. The third kappa shape index (κ3) is 9.92. The van der Waals surface area contributed by atoms with Crippen molar-refractivity contribution in [3.63, 3.8) is 0 Å². The van der Waals surface area contributed by atoms with Crippen molar-refractivity contribution in [2.75, 3.05) is 6.54 Å². The summed E-state index contributed by atoms with van der Waals surface area (Å²) in [6.45, 7) is 3.47. The standard InChI is InChI=1S/C27H45N/c1-2-3-4-5-6-7-8-9-10-11-12-13-14-15-16-19-24-28-27-23-22-25-20-17-18-21-26(25)27/h9-10,17-18,20-21,27-28H,2-8,11-16,19,22-24H2,1H3. The molecule has 2 rings (SSSR count). The van der Waals surface area contributed by atoms with Gasteiger partial charge in [-0.15, -0.1) is 0 Å². The van der Waals surface area contributed by atoms with Gasteiger partial charge in [0, 0.05) is 6.04 Å². The van der Waals surface area contributed by atoms with Crippen molar-refractivity contribution in [1.29, 1.82) is 0 Å². The lowest BCUT2D eigenvalue weighted by Gasteiger charge is -2.13. The Balaban J connectivity index is 1.32. The molecule has 1 aliphatic carbocycles. The van der Waals surface area contributed by atoms with Crippen LogP contribution in [0.3, 0.4) is 0 Å². The summed E-state index contributed by atoms with van der Waals surface area (Å²) in [6.07, 6.45) is 26.7. The molecular formula is C27H45N. The largest absolute Gasteiger partial charge is 0.310 e. The molecule has 0 spiro atoms. The first-order valence-corrected chi connectivity index (χ1v) is 12.4. The molecule has 0 amide bonds. The van der Waals surface area contributed by atoms with E-state index in [1.54, 1.807) is 11.1 Å². The van der Waals surface area contributed by atoms with Crippen LogP contribution in [0.25, 0.3) is 0 Å². The molecule has 1 aromatic rings. The number of aryl methyl sites for hydroxylation is 1. The summed E-state index contributed by atoms with van der Waals surface area (Å²) >= 11 is 0. The number of nitrogens with one attached hydrogen (secondary N) is 1. The Labute approximate surface area is 175 Å². The summed E-state index contributed by atoms with van der Waals surface area (Å²) < 4.78 is 0. The van der Waals surface area contributed by atoms with E-state index in [1.165, 1.54) is 109 Å². The predicted molar refractivity (Wildman–Crippen MR) is 125 cm³/mol. The van der Waals surface area contributed by atoms with Gasteiger partial charge in [0.05, 0.1) is 0 Å². The summed E-state index contributed by atoms with van der Waals surface area (Å²) in [5.74, 6) is 0. The highest BCUT2D eigenvalue weighted by atomic mass is 14.9. The lowest BCUT2D eigenvalue weighted by Crippen LogP contribution is -2.20. The van der Waals surface area contributed by atoms with Crippen LogP contribution in [0.1, 0.15) is 120 Å². The second kappa shape index (κ2) is 15.8. The van der Waals surface area contributed by atoms with Crippen LogP contribution in [0.5, 0.6) is 0 Å². The minimum atomic E-state index is 0.610. The summed E-state index contributed by atoms with van der Waals surface area (Å²) in [4.78, 5) is 0. The van der Waals surface area contributed by atoms with Crippen molar-refractivity contribution >= 4 is 0 Å². The van der Waals surface area contributed by atoms with Crippen LogP contribution >= 0.6 is 0 Å². The Morgan fingerprint density at radius 1 is 0.786 bits per heavy atom. The maximum Gasteiger partial charge on any atom is 0.0326 e. The average Bonchev–Trinajstić information content (AvgIpc) is 3.13. The van der Waals surface area contributed by atoms with Crippen molar-refractivity contribution in [2.45, 2.75) is 116 Å². The van der Waals surface area contributed by atoms with Gasteiger partial charge in [-0.05, 0) is 62.6 Å². The summed E-state index contributed by atoms with van der Waals surface area (Å²) in [7, 11) is 0. The SMILES string of the molecule is CCCCCCCCC=CCCCCCCCCNC1CCc2ccccc21. The topological polar surface area (TPSA) is 12.0 Å². The number of unbranched alkanes of at least 4 members (excludes halogenated alkanes) is 12. The van der Waals surface area contributed by atoms with Gasteiger partial charge in [0.2, 0.25) is 0 Å². The fourth-order valence-electron chi connectivity index (χ4n) is 4.42. The van der Waals surface area contributed by atoms with Gasteiger partial charge in [0.25, 0.3) is 0 Å². The molecule has 1 N–H and O–H groups in total. The molecular weight excluding hydrogens is 338 g/mol. The maximum absolute atomic E-state index is 3.78. The Bertz CT molecular complexity index is 519. The van der Waals surface area contributed by atoms with Gasteiger partial charge in [-0.2, -0.15) is 0 Å². The molecule has 0 fully saturated rings. The van der Waals surface area contributed by atoms with Gasteiger partial charge in [-0.1, -0.05) is 101 Å². The second-order valence-corrected chi connectivity index (χ2v) is 8.68. The van der Waals surface area contributed by atoms with Crippen molar-refractivity contribution in [3.05, 3.63) is 47.5 Å². The van der Waals surface area contributed by atoms with E-state index in [4.69, 9.17) is 0 Å². The van der Waals surface area contributed by atoms with Gasteiger partial charge < -0.3 is 5.32 Å². The smallest absolute Gasteiger partial charge is 0.0326 e. The summed E-state index contributed by atoms with van der Waals surface area (Å²) in [5, 5.41) is 3.78. The van der Waals surface area contributed by atoms with Gasteiger partial charge in [-0.25, -0.2) is 0 Å². The molecule has 0 saturated heterocycles. The zero-order chi connectivity index (χ0) is 19.7.